The van der Waals surface area contributed by atoms with Gasteiger partial charge in [-0.25, -0.2) is 4.79 Å². The minimum Gasteiger partial charge on any atom is -0.486 e. The normalized spacial score (nSPS) is 13.1. The zero-order valence-corrected chi connectivity index (χ0v) is 16.8. The summed E-state index contributed by atoms with van der Waals surface area (Å²) in [4.78, 5) is 38.1. The Hall–Kier alpha value is -3.14. The van der Waals surface area contributed by atoms with Crippen LogP contribution < -0.4 is 26.0 Å². The maximum Gasteiger partial charge on any atom is 0.332 e. The van der Waals surface area contributed by atoms with Crippen LogP contribution in [0.15, 0.2) is 33.2 Å². The van der Waals surface area contributed by atoms with Crippen LogP contribution in [0.25, 0.3) is 11.0 Å². The molecule has 0 radical (unpaired) electrons. The van der Waals surface area contributed by atoms with E-state index in [0.717, 1.165) is 16.1 Å². The van der Waals surface area contributed by atoms with Gasteiger partial charge in [-0.3, -0.25) is 18.7 Å². The van der Waals surface area contributed by atoms with Gasteiger partial charge in [-0.2, -0.15) is 4.37 Å². The fraction of sp³-hybridized carbons (Fsp3) is 0.368. The van der Waals surface area contributed by atoms with Gasteiger partial charge < -0.3 is 14.8 Å². The van der Waals surface area contributed by atoms with E-state index in [-0.39, 0.29) is 24.5 Å². The molecule has 0 saturated heterocycles. The molecular formula is C19H20N4O5S. The predicted octanol–water partition coefficient (Wildman–Crippen LogP) is 1.69. The van der Waals surface area contributed by atoms with Crippen LogP contribution in [0.2, 0.25) is 0 Å². The molecule has 3 aromatic rings. The first-order chi connectivity index (χ1) is 13.9. The fourth-order valence-electron chi connectivity index (χ4n) is 3.18. The van der Waals surface area contributed by atoms with Crippen LogP contribution >= 0.6 is 11.5 Å². The summed E-state index contributed by atoms with van der Waals surface area (Å²) in [5.74, 6) is 0.876. The van der Waals surface area contributed by atoms with Crippen molar-refractivity contribution in [3.8, 4) is 11.5 Å². The third kappa shape index (κ3) is 3.75. The maximum atomic E-state index is 12.9. The van der Waals surface area contributed by atoms with Crippen molar-refractivity contribution in [1.82, 2.24) is 13.5 Å². The van der Waals surface area contributed by atoms with Gasteiger partial charge in [0.25, 0.3) is 5.56 Å². The number of anilines is 1. The number of hydrogen-bond acceptors (Lipinski definition) is 7. The molecule has 3 heterocycles. The molecular weight excluding hydrogens is 396 g/mol. The lowest BCUT2D eigenvalue weighted by Gasteiger charge is -2.19. The maximum absolute atomic E-state index is 12.9. The molecule has 0 aliphatic carbocycles. The first kappa shape index (κ1) is 19.2. The van der Waals surface area contributed by atoms with Crippen LogP contribution in [-0.4, -0.2) is 32.6 Å². The second-order valence-electron chi connectivity index (χ2n) is 7.13. The van der Waals surface area contributed by atoms with E-state index in [1.807, 2.05) is 13.8 Å². The lowest BCUT2D eigenvalue weighted by molar-refractivity contribution is -0.116. The Balaban J connectivity index is 1.63. The first-order valence-electron chi connectivity index (χ1n) is 9.21. The summed E-state index contributed by atoms with van der Waals surface area (Å²) in [5.41, 5.74) is 0.143. The molecule has 1 aliphatic rings. The molecule has 10 heteroatoms. The van der Waals surface area contributed by atoms with E-state index < -0.39 is 17.2 Å². The molecule has 1 aliphatic heterocycles. The number of carbonyl (C=O) groups is 1. The molecule has 9 nitrogen and oxygen atoms in total. The molecule has 2 aromatic heterocycles. The molecule has 29 heavy (non-hydrogen) atoms. The van der Waals surface area contributed by atoms with Gasteiger partial charge in [-0.05, 0) is 29.6 Å². The van der Waals surface area contributed by atoms with E-state index in [1.54, 1.807) is 23.6 Å². The van der Waals surface area contributed by atoms with Gasteiger partial charge in [0.1, 0.15) is 19.8 Å². The first-order valence-corrected chi connectivity index (χ1v) is 10.0. The molecule has 4 rings (SSSR count). The van der Waals surface area contributed by atoms with Crippen molar-refractivity contribution in [1.29, 1.82) is 0 Å². The van der Waals surface area contributed by atoms with Crippen molar-refractivity contribution in [3.05, 3.63) is 44.4 Å². The molecule has 0 bridgehead atoms. The van der Waals surface area contributed by atoms with Gasteiger partial charge in [0.15, 0.2) is 17.0 Å². The summed E-state index contributed by atoms with van der Waals surface area (Å²) in [6, 6.07) is 5.10. The second-order valence-corrected chi connectivity index (χ2v) is 7.76. The molecule has 0 fully saturated rings. The van der Waals surface area contributed by atoms with E-state index in [4.69, 9.17) is 9.47 Å². The molecule has 0 atom stereocenters. The molecule has 152 valence electrons. The van der Waals surface area contributed by atoms with Crippen LogP contribution in [0, 0.1) is 5.92 Å². The van der Waals surface area contributed by atoms with E-state index in [9.17, 15) is 14.4 Å². The van der Waals surface area contributed by atoms with Gasteiger partial charge in [-0.1, -0.05) is 13.8 Å². The van der Waals surface area contributed by atoms with Crippen molar-refractivity contribution in [2.24, 2.45) is 5.92 Å². The van der Waals surface area contributed by atoms with Gasteiger partial charge >= 0.3 is 5.69 Å². The Morgan fingerprint density at radius 2 is 1.97 bits per heavy atom. The Morgan fingerprint density at radius 3 is 2.72 bits per heavy atom. The SMILES string of the molecule is CC(C)Cn1c(=O)c2nscc2n(CC(=O)Nc2ccc3c(c2)OCCO3)c1=O. The van der Waals surface area contributed by atoms with E-state index in [0.29, 0.717) is 35.9 Å². The number of nitrogens with one attached hydrogen (secondary N) is 1. The Bertz CT molecular complexity index is 1190. The summed E-state index contributed by atoms with van der Waals surface area (Å²) in [7, 11) is 0. The van der Waals surface area contributed by atoms with Crippen molar-refractivity contribution in [2.45, 2.75) is 26.9 Å². The van der Waals surface area contributed by atoms with Gasteiger partial charge in [0, 0.05) is 23.7 Å². The number of benzene rings is 1. The van der Waals surface area contributed by atoms with Crippen molar-refractivity contribution in [2.75, 3.05) is 18.5 Å². The van der Waals surface area contributed by atoms with Gasteiger partial charge in [0.05, 0.1) is 5.52 Å². The summed E-state index contributed by atoms with van der Waals surface area (Å²) >= 11 is 1.08. The highest BCUT2D eigenvalue weighted by Crippen LogP contribution is 2.32. The van der Waals surface area contributed by atoms with Gasteiger partial charge in [-0.15, -0.1) is 0 Å². The lowest BCUT2D eigenvalue weighted by atomic mass is 10.2. The number of amides is 1. The minimum atomic E-state index is -0.520. The standard InChI is InChI=1S/C19H20N4O5S/c1-11(2)8-23-18(25)17-13(10-29-21-17)22(19(23)26)9-16(24)20-12-3-4-14-15(7-12)28-6-5-27-14/h3-4,7,10-11H,5-6,8-9H2,1-2H3,(H,20,24). The molecule has 1 amide bonds. The monoisotopic (exact) mass is 416 g/mol. The number of nitrogens with zero attached hydrogens (tertiary/aromatic N) is 3. The second kappa shape index (κ2) is 7.70. The van der Waals surface area contributed by atoms with Crippen LogP contribution in [0.4, 0.5) is 5.69 Å². The largest absolute Gasteiger partial charge is 0.486 e. The average Bonchev–Trinajstić information content (AvgIpc) is 3.18. The zero-order valence-electron chi connectivity index (χ0n) is 16.0. The van der Waals surface area contributed by atoms with E-state index in [1.165, 1.54) is 4.57 Å². The Labute approximate surface area is 169 Å². The summed E-state index contributed by atoms with van der Waals surface area (Å²) in [6.45, 7) is 4.78. The average molecular weight is 416 g/mol. The van der Waals surface area contributed by atoms with Gasteiger partial charge in [0.2, 0.25) is 5.91 Å². The molecule has 0 spiro atoms. The topological polar surface area (TPSA) is 104 Å². The number of rotatable bonds is 5. The predicted molar refractivity (Wildman–Crippen MR) is 109 cm³/mol. The molecule has 1 N–H and O–H groups in total. The van der Waals surface area contributed by atoms with E-state index in [2.05, 4.69) is 9.69 Å². The highest BCUT2D eigenvalue weighted by molar-refractivity contribution is 7.04. The third-order valence-corrected chi connectivity index (χ3v) is 5.04. The minimum absolute atomic E-state index is 0.0940. The van der Waals surface area contributed by atoms with Crippen LogP contribution in [0.1, 0.15) is 13.8 Å². The van der Waals surface area contributed by atoms with Crippen molar-refractivity contribution < 1.29 is 14.3 Å². The summed E-state index contributed by atoms with van der Waals surface area (Å²) in [6.07, 6.45) is 0. The van der Waals surface area contributed by atoms with Crippen LogP contribution in [-0.2, 0) is 17.9 Å². The fourth-order valence-corrected chi connectivity index (χ4v) is 3.85. The lowest BCUT2D eigenvalue weighted by Crippen LogP contribution is -2.42. The summed E-state index contributed by atoms with van der Waals surface area (Å²) < 4.78 is 17.5. The van der Waals surface area contributed by atoms with E-state index >= 15 is 0 Å². The van der Waals surface area contributed by atoms with Crippen LogP contribution in [0.5, 0.6) is 11.5 Å². The third-order valence-electron chi connectivity index (χ3n) is 4.43. The number of aromatic nitrogens is 3. The number of carbonyl (C=O) groups excluding carboxylic acids is 1. The highest BCUT2D eigenvalue weighted by Gasteiger charge is 2.18. The Morgan fingerprint density at radius 1 is 1.21 bits per heavy atom. The van der Waals surface area contributed by atoms with Crippen molar-refractivity contribution in [3.63, 3.8) is 0 Å². The molecule has 0 saturated carbocycles. The quantitative estimate of drug-likeness (QED) is 0.679. The molecule has 0 unspecified atom stereocenters. The molecule has 1 aromatic carbocycles. The number of hydrogen-bond donors (Lipinski definition) is 1. The smallest absolute Gasteiger partial charge is 0.332 e. The zero-order chi connectivity index (χ0) is 20.5. The number of fused-ring (bicyclic) bond motifs is 2. The van der Waals surface area contributed by atoms with Crippen LogP contribution in [0.3, 0.4) is 0 Å². The number of ether oxygens (including phenoxy) is 2. The summed E-state index contributed by atoms with van der Waals surface area (Å²) in [5, 5.41) is 4.37. The highest BCUT2D eigenvalue weighted by atomic mass is 32.1. The van der Waals surface area contributed by atoms with Crippen molar-refractivity contribution >= 4 is 34.2 Å². The Kier molecular flexibility index (Phi) is 5.10.